The van der Waals surface area contributed by atoms with Crippen molar-refractivity contribution in [3.05, 3.63) is 33.3 Å². The number of benzene rings is 1. The molecular formula is C15H24BrClN2. The van der Waals surface area contributed by atoms with Crippen molar-refractivity contribution in [3.8, 4) is 0 Å². The van der Waals surface area contributed by atoms with Crippen LogP contribution in [-0.4, -0.2) is 31.6 Å². The lowest BCUT2D eigenvalue weighted by atomic mass is 10.0. The second-order valence-electron chi connectivity index (χ2n) is 5.61. The van der Waals surface area contributed by atoms with E-state index in [0.29, 0.717) is 6.04 Å². The summed E-state index contributed by atoms with van der Waals surface area (Å²) in [6.07, 6.45) is 1.21. The lowest BCUT2D eigenvalue weighted by Crippen LogP contribution is -2.38. The zero-order valence-electron chi connectivity index (χ0n) is 12.2. The molecule has 0 radical (unpaired) electrons. The molecule has 108 valence electrons. The summed E-state index contributed by atoms with van der Waals surface area (Å²) >= 11 is 9.49. The largest absolute Gasteiger partial charge is 0.311 e. The summed E-state index contributed by atoms with van der Waals surface area (Å²) in [6.45, 7) is 6.40. The maximum absolute atomic E-state index is 5.94. The van der Waals surface area contributed by atoms with E-state index < -0.39 is 0 Å². The van der Waals surface area contributed by atoms with E-state index in [2.05, 4.69) is 60.2 Å². The first-order valence-electron chi connectivity index (χ1n) is 6.71. The van der Waals surface area contributed by atoms with Crippen LogP contribution in [0.3, 0.4) is 0 Å². The average Bonchev–Trinajstić information content (AvgIpc) is 2.29. The van der Waals surface area contributed by atoms with E-state index in [1.165, 1.54) is 12.0 Å². The molecule has 1 aromatic rings. The molecule has 1 unspecified atom stereocenters. The minimum atomic E-state index is 0.575. The van der Waals surface area contributed by atoms with Crippen LogP contribution in [0.4, 0.5) is 0 Å². The van der Waals surface area contributed by atoms with Gasteiger partial charge in [0.1, 0.15) is 0 Å². The van der Waals surface area contributed by atoms with E-state index in [0.717, 1.165) is 28.5 Å². The summed E-state index contributed by atoms with van der Waals surface area (Å²) in [6, 6.07) is 6.51. The van der Waals surface area contributed by atoms with Crippen molar-refractivity contribution in [3.63, 3.8) is 0 Å². The smallest absolute Gasteiger partial charge is 0.0417 e. The van der Waals surface area contributed by atoms with Crippen LogP contribution in [0, 0.1) is 5.92 Å². The van der Waals surface area contributed by atoms with Gasteiger partial charge in [0.2, 0.25) is 0 Å². The Morgan fingerprint density at radius 1 is 1.32 bits per heavy atom. The van der Waals surface area contributed by atoms with E-state index in [9.17, 15) is 0 Å². The van der Waals surface area contributed by atoms with Gasteiger partial charge in [-0.05, 0) is 44.1 Å². The highest BCUT2D eigenvalue weighted by Crippen LogP contribution is 2.21. The van der Waals surface area contributed by atoms with Crippen molar-refractivity contribution >= 4 is 27.5 Å². The number of likely N-dealkylation sites (N-methyl/N-ethyl adjacent to an activating group) is 1. The fourth-order valence-corrected chi connectivity index (χ4v) is 2.88. The Morgan fingerprint density at radius 3 is 2.53 bits per heavy atom. The van der Waals surface area contributed by atoms with Gasteiger partial charge in [0, 0.05) is 28.6 Å². The van der Waals surface area contributed by atoms with Gasteiger partial charge in [-0.3, -0.25) is 0 Å². The first-order valence-corrected chi connectivity index (χ1v) is 7.88. The Labute approximate surface area is 130 Å². The standard InChI is InChI=1S/C15H24BrClN2/c1-11(2)7-14(19(3)4)10-18-9-12-5-6-13(17)8-15(12)16/h5-6,8,11,14,18H,7,9-10H2,1-4H3. The van der Waals surface area contributed by atoms with Gasteiger partial charge in [-0.15, -0.1) is 0 Å². The quantitative estimate of drug-likeness (QED) is 0.796. The Kier molecular flexibility index (Phi) is 7.37. The fourth-order valence-electron chi connectivity index (χ4n) is 2.06. The number of halogens is 2. The molecule has 19 heavy (non-hydrogen) atoms. The van der Waals surface area contributed by atoms with Crippen molar-refractivity contribution in [2.45, 2.75) is 32.9 Å². The summed E-state index contributed by atoms with van der Waals surface area (Å²) in [4.78, 5) is 2.30. The first-order chi connectivity index (χ1) is 8.90. The molecule has 1 atom stereocenters. The monoisotopic (exact) mass is 346 g/mol. The zero-order valence-corrected chi connectivity index (χ0v) is 14.6. The van der Waals surface area contributed by atoms with Gasteiger partial charge in [0.05, 0.1) is 0 Å². The number of nitrogens with zero attached hydrogens (tertiary/aromatic N) is 1. The molecule has 0 fully saturated rings. The molecule has 0 bridgehead atoms. The molecule has 0 aromatic heterocycles. The summed E-state index contributed by atoms with van der Waals surface area (Å²) < 4.78 is 1.07. The second-order valence-corrected chi connectivity index (χ2v) is 6.90. The minimum Gasteiger partial charge on any atom is -0.311 e. The fraction of sp³-hybridized carbons (Fsp3) is 0.600. The Hall–Kier alpha value is -0.0900. The lowest BCUT2D eigenvalue weighted by molar-refractivity contribution is 0.246. The number of rotatable bonds is 7. The van der Waals surface area contributed by atoms with Crippen molar-refractivity contribution in [2.24, 2.45) is 5.92 Å². The van der Waals surface area contributed by atoms with Crippen LogP contribution < -0.4 is 5.32 Å². The van der Waals surface area contributed by atoms with Crippen LogP contribution in [0.15, 0.2) is 22.7 Å². The highest BCUT2D eigenvalue weighted by atomic mass is 79.9. The molecule has 1 N–H and O–H groups in total. The average molecular weight is 348 g/mol. The van der Waals surface area contributed by atoms with Gasteiger partial charge >= 0.3 is 0 Å². The van der Waals surface area contributed by atoms with Crippen LogP contribution in [0.5, 0.6) is 0 Å². The predicted octanol–water partition coefficient (Wildman–Crippen LogP) is 4.17. The molecule has 4 heteroatoms. The minimum absolute atomic E-state index is 0.575. The molecule has 2 nitrogen and oxygen atoms in total. The molecule has 1 rings (SSSR count). The van der Waals surface area contributed by atoms with Crippen molar-refractivity contribution in [1.82, 2.24) is 10.2 Å². The summed E-state index contributed by atoms with van der Waals surface area (Å²) in [5, 5.41) is 4.30. The van der Waals surface area contributed by atoms with Gasteiger partial charge < -0.3 is 10.2 Å². The maximum atomic E-state index is 5.94. The topological polar surface area (TPSA) is 15.3 Å². The number of hydrogen-bond acceptors (Lipinski definition) is 2. The first kappa shape index (κ1) is 17.0. The molecule has 0 aliphatic heterocycles. The molecule has 0 heterocycles. The van der Waals surface area contributed by atoms with Crippen LogP contribution in [0.25, 0.3) is 0 Å². The number of nitrogens with one attached hydrogen (secondary N) is 1. The maximum Gasteiger partial charge on any atom is 0.0417 e. The molecular weight excluding hydrogens is 324 g/mol. The molecule has 0 saturated heterocycles. The van der Waals surface area contributed by atoms with Gasteiger partial charge in [0.15, 0.2) is 0 Å². The van der Waals surface area contributed by atoms with Gasteiger partial charge in [-0.2, -0.15) is 0 Å². The molecule has 1 aromatic carbocycles. The van der Waals surface area contributed by atoms with Crippen molar-refractivity contribution < 1.29 is 0 Å². The van der Waals surface area contributed by atoms with Crippen LogP contribution >= 0.6 is 27.5 Å². The van der Waals surface area contributed by atoms with E-state index in [4.69, 9.17) is 11.6 Å². The third-order valence-electron chi connectivity index (χ3n) is 3.18. The SMILES string of the molecule is CC(C)CC(CNCc1ccc(Cl)cc1Br)N(C)C. The van der Waals surface area contributed by atoms with Crippen LogP contribution in [-0.2, 0) is 6.54 Å². The van der Waals surface area contributed by atoms with E-state index >= 15 is 0 Å². The van der Waals surface area contributed by atoms with E-state index in [1.54, 1.807) is 0 Å². The van der Waals surface area contributed by atoms with Crippen LogP contribution in [0.2, 0.25) is 5.02 Å². The highest BCUT2D eigenvalue weighted by molar-refractivity contribution is 9.10. The highest BCUT2D eigenvalue weighted by Gasteiger charge is 2.12. The van der Waals surface area contributed by atoms with Crippen LogP contribution in [0.1, 0.15) is 25.8 Å². The van der Waals surface area contributed by atoms with E-state index in [1.807, 2.05) is 12.1 Å². The molecule has 0 aliphatic carbocycles. The lowest BCUT2D eigenvalue weighted by Gasteiger charge is -2.26. The summed E-state index contributed by atoms with van der Waals surface area (Å²) in [5.41, 5.74) is 1.24. The predicted molar refractivity (Wildman–Crippen MR) is 87.8 cm³/mol. The van der Waals surface area contributed by atoms with E-state index in [-0.39, 0.29) is 0 Å². The third kappa shape index (κ3) is 6.26. The Morgan fingerprint density at radius 2 is 2.00 bits per heavy atom. The third-order valence-corrected chi connectivity index (χ3v) is 4.16. The van der Waals surface area contributed by atoms with Gasteiger partial charge in [0.25, 0.3) is 0 Å². The second kappa shape index (κ2) is 8.25. The zero-order chi connectivity index (χ0) is 14.4. The molecule has 0 spiro atoms. The van der Waals surface area contributed by atoms with Gasteiger partial charge in [-0.25, -0.2) is 0 Å². The summed E-state index contributed by atoms with van der Waals surface area (Å²) in [7, 11) is 4.29. The molecule has 0 saturated carbocycles. The number of hydrogen-bond donors (Lipinski definition) is 1. The normalized spacial score (nSPS) is 13.3. The molecule has 0 amide bonds. The van der Waals surface area contributed by atoms with Crippen molar-refractivity contribution in [1.29, 1.82) is 0 Å². The summed E-state index contributed by atoms with van der Waals surface area (Å²) in [5.74, 6) is 0.719. The Bertz CT molecular complexity index is 394. The Balaban J connectivity index is 2.47. The van der Waals surface area contributed by atoms with Crippen molar-refractivity contribution in [2.75, 3.05) is 20.6 Å². The molecule has 0 aliphatic rings. The van der Waals surface area contributed by atoms with Gasteiger partial charge in [-0.1, -0.05) is 47.4 Å².